The second-order valence-electron chi connectivity index (χ2n) is 7.49. The normalized spacial score (nSPS) is 11.5. The summed E-state index contributed by atoms with van der Waals surface area (Å²) in [5.74, 6) is -1.41. The zero-order valence-corrected chi connectivity index (χ0v) is 20.4. The van der Waals surface area contributed by atoms with Crippen LogP contribution in [0, 0.1) is 6.92 Å². The summed E-state index contributed by atoms with van der Waals surface area (Å²) in [4.78, 5) is 51.1. The molecule has 0 fully saturated rings. The number of benzene rings is 2. The number of nitrogens with one attached hydrogen (secondary N) is 2. The SMILES string of the molecule is CCOC(=O)c1c(NC(=O)c2ccc3c(c2)OCO3)sc(C(=O)Nc2ccccc2C(=O)OC)c1C. The van der Waals surface area contributed by atoms with Gasteiger partial charge in [-0.2, -0.15) is 0 Å². The Morgan fingerprint density at radius 2 is 1.72 bits per heavy atom. The van der Waals surface area contributed by atoms with E-state index in [1.807, 2.05) is 0 Å². The first-order valence-corrected chi connectivity index (χ1v) is 11.7. The number of carbonyl (C=O) groups excluding carboxylic acids is 4. The molecule has 0 spiro atoms. The van der Waals surface area contributed by atoms with Crippen molar-refractivity contribution in [3.63, 3.8) is 0 Å². The molecule has 0 atom stereocenters. The minimum absolute atomic E-state index is 0.0646. The molecular weight excluding hydrogens is 488 g/mol. The highest BCUT2D eigenvalue weighted by atomic mass is 32.1. The summed E-state index contributed by atoms with van der Waals surface area (Å²) in [6, 6.07) is 11.1. The van der Waals surface area contributed by atoms with Gasteiger partial charge in [-0.25, -0.2) is 9.59 Å². The van der Waals surface area contributed by atoms with Crippen molar-refractivity contribution >= 4 is 45.8 Å². The average molecular weight is 511 g/mol. The van der Waals surface area contributed by atoms with Gasteiger partial charge in [-0.1, -0.05) is 12.1 Å². The topological polar surface area (TPSA) is 129 Å². The lowest BCUT2D eigenvalue weighted by molar-refractivity contribution is 0.0526. The fourth-order valence-corrected chi connectivity index (χ4v) is 4.62. The van der Waals surface area contributed by atoms with Crippen LogP contribution in [0.3, 0.4) is 0 Å². The second-order valence-corrected chi connectivity index (χ2v) is 8.51. The fraction of sp³-hybridized carbons (Fsp3) is 0.200. The molecule has 0 aliphatic carbocycles. The predicted octanol–water partition coefficient (Wildman–Crippen LogP) is 4.25. The van der Waals surface area contributed by atoms with E-state index in [2.05, 4.69) is 10.6 Å². The number of thiophene rings is 1. The summed E-state index contributed by atoms with van der Waals surface area (Å²) in [5.41, 5.74) is 1.09. The first-order valence-electron chi connectivity index (χ1n) is 10.8. The van der Waals surface area contributed by atoms with Gasteiger partial charge in [-0.05, 0) is 49.7 Å². The van der Waals surface area contributed by atoms with E-state index >= 15 is 0 Å². The first kappa shape index (κ1) is 24.7. The van der Waals surface area contributed by atoms with Crippen LogP contribution in [0.25, 0.3) is 0 Å². The second kappa shape index (κ2) is 10.5. The number of esters is 2. The van der Waals surface area contributed by atoms with E-state index in [1.165, 1.54) is 19.2 Å². The van der Waals surface area contributed by atoms with Crippen LogP contribution in [-0.2, 0) is 9.47 Å². The third kappa shape index (κ3) is 4.86. The lowest BCUT2D eigenvalue weighted by atomic mass is 10.1. The quantitative estimate of drug-likeness (QED) is 0.451. The number of amides is 2. The molecule has 4 rings (SSSR count). The number of hydrogen-bond acceptors (Lipinski definition) is 9. The maximum atomic E-state index is 13.2. The smallest absolute Gasteiger partial charge is 0.341 e. The van der Waals surface area contributed by atoms with E-state index in [0.29, 0.717) is 17.1 Å². The van der Waals surface area contributed by atoms with E-state index in [-0.39, 0.29) is 45.7 Å². The van der Waals surface area contributed by atoms with Crippen molar-refractivity contribution < 1.29 is 38.1 Å². The number of ether oxygens (including phenoxy) is 4. The molecule has 2 heterocycles. The molecule has 11 heteroatoms. The van der Waals surface area contributed by atoms with Gasteiger partial charge < -0.3 is 29.6 Å². The number of rotatable bonds is 7. The van der Waals surface area contributed by atoms with E-state index in [0.717, 1.165) is 11.3 Å². The number of methoxy groups -OCH3 is 1. The van der Waals surface area contributed by atoms with Crippen molar-refractivity contribution in [2.45, 2.75) is 13.8 Å². The third-order valence-corrected chi connectivity index (χ3v) is 6.48. The summed E-state index contributed by atoms with van der Waals surface area (Å²) in [5, 5.41) is 5.54. The van der Waals surface area contributed by atoms with Crippen molar-refractivity contribution in [1.29, 1.82) is 0 Å². The van der Waals surface area contributed by atoms with Gasteiger partial charge in [0.05, 0.1) is 35.4 Å². The molecule has 1 aliphatic rings. The third-order valence-electron chi connectivity index (χ3n) is 5.27. The summed E-state index contributed by atoms with van der Waals surface area (Å²) in [6.07, 6.45) is 0. The van der Waals surface area contributed by atoms with Gasteiger partial charge in [0.2, 0.25) is 6.79 Å². The molecule has 2 amide bonds. The Kier molecular flexibility index (Phi) is 7.20. The van der Waals surface area contributed by atoms with Crippen molar-refractivity contribution in [3.05, 3.63) is 69.6 Å². The molecule has 1 aliphatic heterocycles. The highest BCUT2D eigenvalue weighted by molar-refractivity contribution is 7.19. The Morgan fingerprint density at radius 3 is 2.47 bits per heavy atom. The zero-order chi connectivity index (χ0) is 25.8. The number of anilines is 2. The summed E-state index contributed by atoms with van der Waals surface area (Å²) >= 11 is 0.919. The average Bonchev–Trinajstić information content (AvgIpc) is 3.47. The van der Waals surface area contributed by atoms with Crippen LogP contribution in [0.1, 0.15) is 53.2 Å². The minimum atomic E-state index is -0.679. The molecule has 10 nitrogen and oxygen atoms in total. The first-order chi connectivity index (χ1) is 17.3. The molecule has 0 saturated heterocycles. The summed E-state index contributed by atoms with van der Waals surface area (Å²) in [7, 11) is 1.24. The Balaban J connectivity index is 1.65. The molecule has 0 saturated carbocycles. The molecule has 0 unspecified atom stereocenters. The molecule has 0 bridgehead atoms. The number of hydrogen-bond donors (Lipinski definition) is 2. The Hall–Kier alpha value is -4.38. The van der Waals surface area contributed by atoms with Crippen LogP contribution in [0.15, 0.2) is 42.5 Å². The monoisotopic (exact) mass is 510 g/mol. The molecule has 0 radical (unpaired) electrons. The van der Waals surface area contributed by atoms with Crippen LogP contribution in [-0.4, -0.2) is 44.3 Å². The molecule has 186 valence electrons. The molecule has 2 aromatic carbocycles. The lowest BCUT2D eigenvalue weighted by Crippen LogP contribution is -2.16. The maximum absolute atomic E-state index is 13.2. The van der Waals surface area contributed by atoms with Gasteiger partial charge in [-0.15, -0.1) is 11.3 Å². The van der Waals surface area contributed by atoms with Gasteiger partial charge >= 0.3 is 11.9 Å². The van der Waals surface area contributed by atoms with E-state index in [4.69, 9.17) is 18.9 Å². The minimum Gasteiger partial charge on any atom is -0.465 e. The summed E-state index contributed by atoms with van der Waals surface area (Å²) < 4.78 is 20.5. The van der Waals surface area contributed by atoms with E-state index < -0.39 is 23.8 Å². The van der Waals surface area contributed by atoms with Crippen LogP contribution in [0.4, 0.5) is 10.7 Å². The Labute approximate surface area is 210 Å². The van der Waals surface area contributed by atoms with Crippen LogP contribution >= 0.6 is 11.3 Å². The lowest BCUT2D eigenvalue weighted by Gasteiger charge is -2.09. The predicted molar refractivity (Wildman–Crippen MR) is 131 cm³/mol. The van der Waals surface area contributed by atoms with E-state index in [9.17, 15) is 19.2 Å². The van der Waals surface area contributed by atoms with Crippen LogP contribution < -0.4 is 20.1 Å². The summed E-state index contributed by atoms with van der Waals surface area (Å²) in [6.45, 7) is 3.41. The van der Waals surface area contributed by atoms with Crippen molar-refractivity contribution in [2.75, 3.05) is 31.1 Å². The van der Waals surface area contributed by atoms with Crippen molar-refractivity contribution in [1.82, 2.24) is 0 Å². The number of para-hydroxylation sites is 1. The maximum Gasteiger partial charge on any atom is 0.341 e. The number of carbonyl (C=O) groups is 4. The molecule has 2 N–H and O–H groups in total. The number of fused-ring (bicyclic) bond motifs is 1. The van der Waals surface area contributed by atoms with Crippen molar-refractivity contribution in [3.8, 4) is 11.5 Å². The largest absolute Gasteiger partial charge is 0.465 e. The van der Waals surface area contributed by atoms with Gasteiger partial charge in [0.1, 0.15) is 5.00 Å². The van der Waals surface area contributed by atoms with E-state index in [1.54, 1.807) is 44.2 Å². The Bertz CT molecular complexity index is 1360. The Morgan fingerprint density at radius 1 is 0.972 bits per heavy atom. The molecular formula is C25H22N2O8S. The zero-order valence-electron chi connectivity index (χ0n) is 19.6. The standard InChI is InChI=1S/C25H22N2O8S/c1-4-33-25(31)19-13(2)20(22(29)26-16-8-6-5-7-15(16)24(30)32-3)36-23(19)27-21(28)14-9-10-17-18(11-14)35-12-34-17/h5-11H,4,12H2,1-3H3,(H,26,29)(H,27,28). The van der Waals surface area contributed by atoms with Crippen molar-refractivity contribution in [2.24, 2.45) is 0 Å². The van der Waals surface area contributed by atoms with Gasteiger partial charge in [0, 0.05) is 5.56 Å². The molecule has 1 aromatic heterocycles. The van der Waals surface area contributed by atoms with Crippen LogP contribution in [0.5, 0.6) is 11.5 Å². The molecule has 36 heavy (non-hydrogen) atoms. The van der Waals surface area contributed by atoms with Gasteiger partial charge in [0.15, 0.2) is 11.5 Å². The van der Waals surface area contributed by atoms with Gasteiger partial charge in [-0.3, -0.25) is 9.59 Å². The fourth-order valence-electron chi connectivity index (χ4n) is 3.54. The van der Waals surface area contributed by atoms with Crippen LogP contribution in [0.2, 0.25) is 0 Å². The highest BCUT2D eigenvalue weighted by Gasteiger charge is 2.28. The van der Waals surface area contributed by atoms with Gasteiger partial charge in [0.25, 0.3) is 11.8 Å². The molecule has 3 aromatic rings. The highest BCUT2D eigenvalue weighted by Crippen LogP contribution is 2.36.